The maximum Gasteiger partial charge on any atom is 0.261 e. The third kappa shape index (κ3) is 4.02. The molecule has 0 spiro atoms. The molecule has 0 saturated carbocycles. The van der Waals surface area contributed by atoms with E-state index in [1.807, 2.05) is 0 Å². The molecule has 2 N–H and O–H groups in total. The van der Waals surface area contributed by atoms with Gasteiger partial charge >= 0.3 is 0 Å². The molecule has 8 nitrogen and oxygen atoms in total. The van der Waals surface area contributed by atoms with Crippen LogP contribution in [-0.4, -0.2) is 34.4 Å². The van der Waals surface area contributed by atoms with E-state index < -0.39 is 15.9 Å². The highest BCUT2D eigenvalue weighted by Crippen LogP contribution is 2.31. The van der Waals surface area contributed by atoms with E-state index in [1.54, 1.807) is 49.5 Å². The van der Waals surface area contributed by atoms with Gasteiger partial charge in [0.15, 0.2) is 0 Å². The van der Waals surface area contributed by atoms with Gasteiger partial charge in [-0.05, 0) is 48.0 Å². The molecule has 0 aliphatic carbocycles. The zero-order valence-corrected chi connectivity index (χ0v) is 18.3. The van der Waals surface area contributed by atoms with Gasteiger partial charge in [-0.1, -0.05) is 24.3 Å². The average Bonchev–Trinajstić information content (AvgIpc) is 3.07. The second kappa shape index (κ2) is 8.35. The van der Waals surface area contributed by atoms with Crippen LogP contribution in [0.1, 0.15) is 15.9 Å². The second-order valence-electron chi connectivity index (χ2n) is 7.23. The van der Waals surface area contributed by atoms with Crippen molar-refractivity contribution in [1.82, 2.24) is 0 Å². The lowest BCUT2D eigenvalue weighted by atomic mass is 10.1. The highest BCUT2D eigenvalue weighted by atomic mass is 32.2. The average molecular weight is 452 g/mol. The molecule has 3 aromatic rings. The molecule has 3 aromatic carbocycles. The number of fused-ring (bicyclic) bond motifs is 1. The quantitative estimate of drug-likeness (QED) is 0.599. The molecule has 1 aliphatic rings. The highest BCUT2D eigenvalue weighted by molar-refractivity contribution is 7.92. The van der Waals surface area contributed by atoms with E-state index >= 15 is 0 Å². The van der Waals surface area contributed by atoms with E-state index in [0.29, 0.717) is 22.7 Å². The zero-order valence-electron chi connectivity index (χ0n) is 17.5. The SMILES string of the molecule is COc1ccccc1NC(=O)c1ccccc1NS(=O)(=O)c1ccc2c(c1)CC(=O)N2C. The smallest absolute Gasteiger partial charge is 0.261 e. The number of para-hydroxylation sites is 3. The molecule has 0 radical (unpaired) electrons. The number of hydrogen-bond acceptors (Lipinski definition) is 5. The summed E-state index contributed by atoms with van der Waals surface area (Å²) >= 11 is 0. The number of hydrogen-bond donors (Lipinski definition) is 2. The standard InChI is InChI=1S/C23H21N3O5S/c1-26-20-12-11-16(13-15(20)14-22(26)27)32(29,30)25-18-8-4-3-7-17(18)23(28)24-19-9-5-6-10-21(19)31-2/h3-13,25H,14H2,1-2H3,(H,24,28). The molecule has 164 valence electrons. The van der Waals surface area contributed by atoms with Crippen LogP contribution >= 0.6 is 0 Å². The third-order valence-electron chi connectivity index (χ3n) is 5.21. The first-order valence-electron chi connectivity index (χ1n) is 9.76. The molecule has 9 heteroatoms. The molecular weight excluding hydrogens is 430 g/mol. The number of likely N-dealkylation sites (N-methyl/N-ethyl adjacent to an activating group) is 1. The Kier molecular flexibility index (Phi) is 5.58. The second-order valence-corrected chi connectivity index (χ2v) is 8.91. The van der Waals surface area contributed by atoms with Gasteiger partial charge in [-0.25, -0.2) is 8.42 Å². The van der Waals surface area contributed by atoms with Gasteiger partial charge in [0.05, 0.1) is 35.4 Å². The molecule has 1 heterocycles. The van der Waals surface area contributed by atoms with Crippen LogP contribution in [0.4, 0.5) is 17.1 Å². The number of carbonyl (C=O) groups excluding carboxylic acids is 2. The largest absolute Gasteiger partial charge is 0.495 e. The molecule has 0 atom stereocenters. The number of anilines is 3. The summed E-state index contributed by atoms with van der Waals surface area (Å²) in [5.41, 5.74) is 2.07. The van der Waals surface area contributed by atoms with E-state index in [9.17, 15) is 18.0 Å². The van der Waals surface area contributed by atoms with Crippen LogP contribution in [0.5, 0.6) is 5.75 Å². The fraction of sp³-hybridized carbons (Fsp3) is 0.130. The van der Waals surface area contributed by atoms with Crippen molar-refractivity contribution in [1.29, 1.82) is 0 Å². The molecular formula is C23H21N3O5S. The highest BCUT2D eigenvalue weighted by Gasteiger charge is 2.27. The lowest BCUT2D eigenvalue weighted by Crippen LogP contribution is -2.20. The van der Waals surface area contributed by atoms with Crippen molar-refractivity contribution < 1.29 is 22.7 Å². The maximum atomic E-state index is 13.0. The summed E-state index contributed by atoms with van der Waals surface area (Å²) in [5.74, 6) is -0.105. The van der Waals surface area contributed by atoms with Crippen molar-refractivity contribution in [2.75, 3.05) is 29.1 Å². The van der Waals surface area contributed by atoms with Crippen LogP contribution in [0.3, 0.4) is 0 Å². The summed E-state index contributed by atoms with van der Waals surface area (Å²) in [6, 6.07) is 17.8. The first-order valence-corrected chi connectivity index (χ1v) is 11.2. The maximum absolute atomic E-state index is 13.0. The Bertz CT molecular complexity index is 1320. The Labute approximate surface area is 185 Å². The van der Waals surface area contributed by atoms with Crippen LogP contribution in [-0.2, 0) is 21.2 Å². The van der Waals surface area contributed by atoms with Gasteiger partial charge in [0.25, 0.3) is 15.9 Å². The van der Waals surface area contributed by atoms with Crippen molar-refractivity contribution in [2.45, 2.75) is 11.3 Å². The molecule has 0 unspecified atom stereocenters. The first-order chi connectivity index (χ1) is 15.3. The number of rotatable bonds is 6. The fourth-order valence-corrected chi connectivity index (χ4v) is 4.66. The Hall–Kier alpha value is -3.85. The van der Waals surface area contributed by atoms with E-state index in [4.69, 9.17) is 4.74 Å². The molecule has 0 bridgehead atoms. The molecule has 0 fully saturated rings. The lowest BCUT2D eigenvalue weighted by molar-refractivity contribution is -0.117. The summed E-state index contributed by atoms with van der Waals surface area (Å²) in [6.07, 6.45) is 0.146. The van der Waals surface area contributed by atoms with Gasteiger partial charge in [-0.15, -0.1) is 0 Å². The van der Waals surface area contributed by atoms with Crippen LogP contribution in [0.15, 0.2) is 71.6 Å². The van der Waals surface area contributed by atoms with Crippen LogP contribution in [0.2, 0.25) is 0 Å². The van der Waals surface area contributed by atoms with Gasteiger partial charge in [-0.3, -0.25) is 14.3 Å². The lowest BCUT2D eigenvalue weighted by Gasteiger charge is -2.15. The number of carbonyl (C=O) groups is 2. The third-order valence-corrected chi connectivity index (χ3v) is 6.57. The summed E-state index contributed by atoms with van der Waals surface area (Å²) in [6.45, 7) is 0. The van der Waals surface area contributed by atoms with Crippen molar-refractivity contribution >= 4 is 38.9 Å². The molecule has 2 amide bonds. The van der Waals surface area contributed by atoms with E-state index in [-0.39, 0.29) is 28.5 Å². The minimum absolute atomic E-state index is 0.0132. The molecule has 0 aromatic heterocycles. The number of nitrogens with one attached hydrogen (secondary N) is 2. The molecule has 1 aliphatic heterocycles. The number of nitrogens with zero attached hydrogens (tertiary/aromatic N) is 1. The minimum Gasteiger partial charge on any atom is -0.495 e. The summed E-state index contributed by atoms with van der Waals surface area (Å²) in [5, 5.41) is 2.75. The number of methoxy groups -OCH3 is 1. The number of ether oxygens (including phenoxy) is 1. The van der Waals surface area contributed by atoms with Gasteiger partial charge in [0, 0.05) is 12.7 Å². The molecule has 32 heavy (non-hydrogen) atoms. The van der Waals surface area contributed by atoms with Crippen molar-refractivity contribution in [2.24, 2.45) is 0 Å². The van der Waals surface area contributed by atoms with Gasteiger partial charge in [0.2, 0.25) is 5.91 Å². The van der Waals surface area contributed by atoms with Crippen molar-refractivity contribution in [3.8, 4) is 5.75 Å². The Morgan fingerprint density at radius 3 is 2.44 bits per heavy atom. The van der Waals surface area contributed by atoms with Crippen LogP contribution in [0.25, 0.3) is 0 Å². The number of benzene rings is 3. The molecule has 4 rings (SSSR count). The first kappa shape index (κ1) is 21.4. The summed E-state index contributed by atoms with van der Waals surface area (Å²) in [4.78, 5) is 26.3. The normalized spacial score (nSPS) is 12.9. The van der Waals surface area contributed by atoms with Crippen molar-refractivity contribution in [3.05, 3.63) is 77.9 Å². The van der Waals surface area contributed by atoms with Gasteiger partial charge < -0.3 is 15.0 Å². The summed E-state index contributed by atoms with van der Waals surface area (Å²) in [7, 11) is -0.851. The van der Waals surface area contributed by atoms with E-state index in [2.05, 4.69) is 10.0 Å². The van der Waals surface area contributed by atoms with Crippen LogP contribution in [0, 0.1) is 0 Å². The Morgan fingerprint density at radius 1 is 1.00 bits per heavy atom. The van der Waals surface area contributed by atoms with E-state index in [1.165, 1.54) is 36.3 Å². The fourth-order valence-electron chi connectivity index (χ4n) is 3.53. The zero-order chi connectivity index (χ0) is 22.9. The number of amides is 2. The minimum atomic E-state index is -4.00. The topological polar surface area (TPSA) is 105 Å². The predicted molar refractivity (Wildman–Crippen MR) is 122 cm³/mol. The molecule has 0 saturated heterocycles. The van der Waals surface area contributed by atoms with E-state index in [0.717, 1.165) is 0 Å². The Balaban J connectivity index is 1.61. The van der Waals surface area contributed by atoms with Crippen molar-refractivity contribution in [3.63, 3.8) is 0 Å². The van der Waals surface area contributed by atoms with Gasteiger partial charge in [0.1, 0.15) is 5.75 Å². The summed E-state index contributed by atoms with van der Waals surface area (Å²) < 4.78 is 33.8. The van der Waals surface area contributed by atoms with Crippen LogP contribution < -0.4 is 19.7 Å². The van der Waals surface area contributed by atoms with Gasteiger partial charge in [-0.2, -0.15) is 0 Å². The predicted octanol–water partition coefficient (Wildman–Crippen LogP) is 3.27. The Morgan fingerprint density at radius 2 is 1.69 bits per heavy atom. The number of sulfonamides is 1. The monoisotopic (exact) mass is 451 g/mol.